The lowest BCUT2D eigenvalue weighted by molar-refractivity contribution is -0.156. The number of hydrogen-bond donors (Lipinski definition) is 2. The van der Waals surface area contributed by atoms with Crippen LogP contribution in [-0.2, 0) is 44.0 Å². The summed E-state index contributed by atoms with van der Waals surface area (Å²) in [4.78, 5) is 28.5. The van der Waals surface area contributed by atoms with Gasteiger partial charge in [0.15, 0.2) is 11.7 Å². The third-order valence-electron chi connectivity index (χ3n) is 6.23. The lowest BCUT2D eigenvalue weighted by Crippen LogP contribution is -2.47. The molecule has 1 unspecified atom stereocenters. The van der Waals surface area contributed by atoms with Crippen molar-refractivity contribution in [2.24, 2.45) is 0 Å². The summed E-state index contributed by atoms with van der Waals surface area (Å²) in [5, 5.41) is 9.89. The summed E-state index contributed by atoms with van der Waals surface area (Å²) in [6.07, 6.45) is 2.95. The summed E-state index contributed by atoms with van der Waals surface area (Å²) in [7, 11) is -3.89. The third kappa shape index (κ3) is 6.59. The SMILES string of the molecule is COCOc1ccc(-c2c(CNS(C)(=O)=O)c3c([s+]2[O-])N(Cc2ccccc2SC)CN(C(=O)C(=O)O)C3)cc1. The average Bonchev–Trinajstić information content (AvgIpc) is 3.21. The Kier molecular flexibility index (Phi) is 9.38. The monoisotopic (exact) mass is 607 g/mol. The molecule has 1 amide bonds. The number of thiophene rings is 1. The Labute approximate surface area is 239 Å². The number of aliphatic carboxylic acids is 1. The van der Waals surface area contributed by atoms with Crippen LogP contribution in [0.4, 0.5) is 5.00 Å². The van der Waals surface area contributed by atoms with Crippen LogP contribution in [0.5, 0.6) is 5.75 Å². The minimum absolute atomic E-state index is 0.0489. The molecule has 2 heterocycles. The summed E-state index contributed by atoms with van der Waals surface area (Å²) in [5.41, 5.74) is 2.36. The number of benzene rings is 2. The molecule has 1 aliphatic rings. The largest absolute Gasteiger partial charge is 0.589 e. The van der Waals surface area contributed by atoms with Crippen LogP contribution in [0.25, 0.3) is 10.4 Å². The maximum Gasteiger partial charge on any atom is 0.394 e. The number of nitrogens with zero attached hydrogens (tertiary/aromatic N) is 2. The van der Waals surface area contributed by atoms with Crippen LogP contribution in [-0.4, -0.2) is 67.9 Å². The van der Waals surface area contributed by atoms with Gasteiger partial charge in [-0.3, -0.25) is 4.79 Å². The summed E-state index contributed by atoms with van der Waals surface area (Å²) < 4.78 is 51.1. The highest BCUT2D eigenvalue weighted by Gasteiger charge is 2.40. The van der Waals surface area contributed by atoms with E-state index < -0.39 is 32.7 Å². The molecule has 40 heavy (non-hydrogen) atoms. The number of sulfonamides is 1. The minimum atomic E-state index is -3.63. The first-order valence-electron chi connectivity index (χ1n) is 12.0. The molecule has 0 saturated carbocycles. The molecule has 1 aromatic heterocycles. The summed E-state index contributed by atoms with van der Waals surface area (Å²) in [6, 6.07) is 14.4. The zero-order chi connectivity index (χ0) is 29.0. The van der Waals surface area contributed by atoms with Crippen molar-refractivity contribution in [2.45, 2.75) is 24.5 Å². The van der Waals surface area contributed by atoms with E-state index in [-0.39, 0.29) is 33.1 Å². The van der Waals surface area contributed by atoms with Crippen LogP contribution in [0.1, 0.15) is 16.7 Å². The number of ether oxygens (including phenoxy) is 2. The highest BCUT2D eigenvalue weighted by atomic mass is 32.2. The van der Waals surface area contributed by atoms with Gasteiger partial charge in [-0.15, -0.1) is 11.8 Å². The predicted octanol–water partition coefficient (Wildman–Crippen LogP) is 3.23. The fourth-order valence-electron chi connectivity index (χ4n) is 4.50. The summed E-state index contributed by atoms with van der Waals surface area (Å²) in [6.45, 7) is -0.110. The fraction of sp³-hybridized carbons (Fsp3) is 0.308. The first-order valence-corrected chi connectivity index (χ1v) is 16.2. The number of amides is 1. The first-order chi connectivity index (χ1) is 19.0. The van der Waals surface area contributed by atoms with Gasteiger partial charge in [-0.05, 0) is 52.9 Å². The molecule has 2 N–H and O–H groups in total. The zero-order valence-corrected chi connectivity index (χ0v) is 24.5. The number of rotatable bonds is 10. The van der Waals surface area contributed by atoms with Crippen LogP contribution in [0.15, 0.2) is 53.4 Å². The van der Waals surface area contributed by atoms with Gasteiger partial charge in [-0.2, -0.15) is 0 Å². The Bertz CT molecular complexity index is 1510. The summed E-state index contributed by atoms with van der Waals surface area (Å²) >= 11 is 1.54. The molecule has 14 heteroatoms. The molecule has 1 aliphatic heterocycles. The van der Waals surface area contributed by atoms with Crippen molar-refractivity contribution in [1.29, 1.82) is 0 Å². The average molecular weight is 608 g/mol. The number of anilines is 1. The van der Waals surface area contributed by atoms with Crippen molar-refractivity contribution in [1.82, 2.24) is 9.62 Å². The van der Waals surface area contributed by atoms with E-state index in [0.29, 0.717) is 32.3 Å². The van der Waals surface area contributed by atoms with Gasteiger partial charge in [-0.1, -0.05) is 18.2 Å². The number of carboxylic acid groups (broad SMARTS) is 1. The second-order valence-electron chi connectivity index (χ2n) is 8.99. The van der Waals surface area contributed by atoms with Gasteiger partial charge in [-0.25, -0.2) is 17.9 Å². The van der Waals surface area contributed by atoms with E-state index in [0.717, 1.165) is 21.6 Å². The van der Waals surface area contributed by atoms with E-state index in [1.807, 2.05) is 30.5 Å². The number of carbonyl (C=O) groups is 2. The maximum absolute atomic E-state index is 14.2. The van der Waals surface area contributed by atoms with Crippen LogP contribution in [0.3, 0.4) is 0 Å². The number of carboxylic acids is 1. The quantitative estimate of drug-likeness (QED) is 0.152. The van der Waals surface area contributed by atoms with Crippen molar-refractivity contribution in [3.05, 3.63) is 65.2 Å². The number of hydrogen-bond acceptors (Lipinski definition) is 9. The van der Waals surface area contributed by atoms with E-state index >= 15 is 0 Å². The molecular weight excluding hydrogens is 579 g/mol. The molecule has 214 valence electrons. The van der Waals surface area contributed by atoms with Crippen LogP contribution in [0.2, 0.25) is 0 Å². The van der Waals surface area contributed by atoms with E-state index in [1.54, 1.807) is 29.2 Å². The number of carbonyl (C=O) groups excluding carboxylic acids is 1. The smallest absolute Gasteiger partial charge is 0.394 e. The second-order valence-corrected chi connectivity index (χ2v) is 13.0. The molecule has 0 bridgehead atoms. The van der Waals surface area contributed by atoms with Gasteiger partial charge in [0.2, 0.25) is 15.0 Å². The zero-order valence-electron chi connectivity index (χ0n) is 22.1. The van der Waals surface area contributed by atoms with E-state index in [1.165, 1.54) is 18.9 Å². The Morgan fingerprint density at radius 1 is 1.18 bits per heavy atom. The van der Waals surface area contributed by atoms with Gasteiger partial charge in [0.25, 0.3) is 0 Å². The van der Waals surface area contributed by atoms with Gasteiger partial charge in [0, 0.05) is 29.7 Å². The number of nitrogens with one attached hydrogen (secondary N) is 1. The van der Waals surface area contributed by atoms with Gasteiger partial charge in [0.05, 0.1) is 31.6 Å². The van der Waals surface area contributed by atoms with Crippen molar-refractivity contribution in [2.75, 3.05) is 38.0 Å². The fourth-order valence-corrected chi connectivity index (χ4v) is 7.25. The van der Waals surface area contributed by atoms with E-state index in [4.69, 9.17) is 9.47 Å². The Balaban J connectivity index is 1.88. The molecule has 0 aliphatic carbocycles. The Morgan fingerprint density at radius 2 is 1.88 bits per heavy atom. The van der Waals surface area contributed by atoms with Crippen molar-refractivity contribution in [3.63, 3.8) is 0 Å². The molecule has 4 rings (SSSR count). The molecule has 0 spiro atoms. The predicted molar refractivity (Wildman–Crippen MR) is 152 cm³/mol. The molecule has 2 aromatic carbocycles. The molecule has 3 aromatic rings. The van der Waals surface area contributed by atoms with Gasteiger partial charge >= 0.3 is 11.9 Å². The molecular formula is C26H29N3O8S3. The second kappa shape index (κ2) is 12.6. The van der Waals surface area contributed by atoms with Crippen LogP contribution in [0, 0.1) is 0 Å². The highest BCUT2D eigenvalue weighted by Crippen LogP contribution is 2.51. The number of methoxy groups -OCH3 is 1. The first kappa shape index (κ1) is 29.8. The number of fused-ring (bicyclic) bond motifs is 1. The highest BCUT2D eigenvalue weighted by molar-refractivity contribution is 7.98. The van der Waals surface area contributed by atoms with Gasteiger partial charge in [0.1, 0.15) is 5.75 Å². The third-order valence-corrected chi connectivity index (χ3v) is 9.45. The van der Waals surface area contributed by atoms with Crippen LogP contribution < -0.4 is 14.4 Å². The minimum Gasteiger partial charge on any atom is -0.589 e. The number of thioether (sulfide) groups is 1. The molecule has 0 fully saturated rings. The Hall–Kier alpha value is -3.14. The molecule has 1 atom stereocenters. The van der Waals surface area contributed by atoms with Crippen molar-refractivity contribution >= 4 is 49.4 Å². The van der Waals surface area contributed by atoms with Crippen LogP contribution >= 0.6 is 22.5 Å². The summed E-state index contributed by atoms with van der Waals surface area (Å²) in [5.74, 6) is -2.19. The molecule has 11 nitrogen and oxygen atoms in total. The molecule has 0 radical (unpaired) electrons. The standard InChI is InChI=1S/C26H29N3O8S3/c1-36-16-37-19-10-8-17(9-11-19)23-20(12-27-40(3,34)35)21-14-28(24(30)26(31)32)15-29(25(21)39(23)33)13-18-6-4-5-7-22(18)38-2/h4-11,27H,12-16H2,1-3H3,(H,31,32). The maximum atomic E-state index is 14.2. The van der Waals surface area contributed by atoms with Crippen molar-refractivity contribution in [3.8, 4) is 16.2 Å². The van der Waals surface area contributed by atoms with Crippen molar-refractivity contribution < 1.29 is 37.1 Å². The normalized spacial score (nSPS) is 13.8. The van der Waals surface area contributed by atoms with Gasteiger partial charge < -0.3 is 28.9 Å². The van der Waals surface area contributed by atoms with E-state index in [2.05, 4.69) is 4.72 Å². The topological polar surface area (TPSA) is 149 Å². The lowest BCUT2D eigenvalue weighted by Gasteiger charge is -2.34. The lowest BCUT2D eigenvalue weighted by atomic mass is 10.0. The molecule has 0 saturated heterocycles. The Morgan fingerprint density at radius 3 is 2.50 bits per heavy atom. The van der Waals surface area contributed by atoms with E-state index in [9.17, 15) is 27.7 Å².